The molecule has 21 heavy (non-hydrogen) atoms. The van der Waals surface area contributed by atoms with E-state index in [0.29, 0.717) is 10.4 Å². The number of carbonyl (C=O) groups excluding carboxylic acids is 1. The lowest BCUT2D eigenvalue weighted by Gasteiger charge is -2.43. The Kier molecular flexibility index (Phi) is 4.20. The molecular formula is C17H21ClN2O. The average molecular weight is 305 g/mol. The highest BCUT2D eigenvalue weighted by Crippen LogP contribution is 2.40. The summed E-state index contributed by atoms with van der Waals surface area (Å²) < 4.78 is 0. The van der Waals surface area contributed by atoms with Crippen LogP contribution in [0.15, 0.2) is 36.4 Å². The predicted molar refractivity (Wildman–Crippen MR) is 86.7 cm³/mol. The summed E-state index contributed by atoms with van der Waals surface area (Å²) in [6.45, 7) is 1.71. The van der Waals surface area contributed by atoms with Crippen LogP contribution in [0.2, 0.25) is 5.02 Å². The number of benzene rings is 1. The van der Waals surface area contributed by atoms with Crippen LogP contribution in [0.3, 0.4) is 0 Å². The van der Waals surface area contributed by atoms with Crippen LogP contribution in [0.1, 0.15) is 32.1 Å². The first-order valence-electron chi connectivity index (χ1n) is 7.63. The fourth-order valence-electron chi connectivity index (χ4n) is 3.46. The van der Waals surface area contributed by atoms with Crippen molar-refractivity contribution in [2.75, 3.05) is 18.4 Å². The van der Waals surface area contributed by atoms with Crippen LogP contribution in [0.25, 0.3) is 0 Å². The van der Waals surface area contributed by atoms with Crippen molar-refractivity contribution in [1.82, 2.24) is 4.90 Å². The third-order valence-corrected chi connectivity index (χ3v) is 4.82. The Balaban J connectivity index is 1.65. The lowest BCUT2D eigenvalue weighted by Crippen LogP contribution is -2.48. The number of urea groups is 1. The van der Waals surface area contributed by atoms with Gasteiger partial charge in [0.2, 0.25) is 0 Å². The Morgan fingerprint density at radius 3 is 2.95 bits per heavy atom. The number of allylic oxidation sites excluding steroid dienone is 2. The predicted octanol–water partition coefficient (Wildman–Crippen LogP) is 4.69. The number of rotatable bonds is 1. The molecule has 2 aliphatic rings. The molecule has 1 aromatic rings. The van der Waals surface area contributed by atoms with E-state index in [2.05, 4.69) is 17.5 Å². The zero-order valence-electron chi connectivity index (χ0n) is 12.1. The number of piperidine rings is 1. The van der Waals surface area contributed by atoms with Crippen LogP contribution < -0.4 is 5.32 Å². The third kappa shape index (κ3) is 3.41. The summed E-state index contributed by atoms with van der Waals surface area (Å²) >= 11 is 5.96. The molecule has 112 valence electrons. The molecule has 0 bridgehead atoms. The number of hydrogen-bond acceptors (Lipinski definition) is 1. The van der Waals surface area contributed by atoms with E-state index in [0.717, 1.165) is 38.0 Å². The second-order valence-corrected chi connectivity index (χ2v) is 6.62. The van der Waals surface area contributed by atoms with E-state index in [9.17, 15) is 4.79 Å². The van der Waals surface area contributed by atoms with Gasteiger partial charge in [0.1, 0.15) is 0 Å². The monoisotopic (exact) mass is 304 g/mol. The van der Waals surface area contributed by atoms with E-state index >= 15 is 0 Å². The van der Waals surface area contributed by atoms with E-state index < -0.39 is 0 Å². The van der Waals surface area contributed by atoms with Crippen molar-refractivity contribution < 1.29 is 4.79 Å². The molecule has 4 heteroatoms. The summed E-state index contributed by atoms with van der Waals surface area (Å²) in [5.74, 6) is 0. The smallest absolute Gasteiger partial charge is 0.321 e. The summed E-state index contributed by atoms with van der Waals surface area (Å²) in [7, 11) is 0. The van der Waals surface area contributed by atoms with Crippen molar-refractivity contribution in [1.29, 1.82) is 0 Å². The molecule has 0 aromatic heterocycles. The summed E-state index contributed by atoms with van der Waals surface area (Å²) in [4.78, 5) is 14.4. The zero-order chi connectivity index (χ0) is 14.7. The van der Waals surface area contributed by atoms with Gasteiger partial charge in [0.25, 0.3) is 0 Å². The number of halogens is 1. The van der Waals surface area contributed by atoms with Gasteiger partial charge in [-0.2, -0.15) is 0 Å². The summed E-state index contributed by atoms with van der Waals surface area (Å²) in [6.07, 6.45) is 10.3. The number of carbonyl (C=O) groups is 1. The largest absolute Gasteiger partial charge is 0.324 e. The van der Waals surface area contributed by atoms with Crippen LogP contribution >= 0.6 is 11.6 Å². The second-order valence-electron chi connectivity index (χ2n) is 6.18. The zero-order valence-corrected chi connectivity index (χ0v) is 12.9. The minimum absolute atomic E-state index is 0.00843. The quantitative estimate of drug-likeness (QED) is 0.750. The Bertz CT molecular complexity index is 557. The Labute approximate surface area is 131 Å². The third-order valence-electron chi connectivity index (χ3n) is 4.58. The molecule has 1 saturated heterocycles. The molecule has 1 aliphatic heterocycles. The minimum atomic E-state index is -0.00843. The van der Waals surface area contributed by atoms with Gasteiger partial charge in [0.15, 0.2) is 0 Å². The number of anilines is 1. The molecule has 1 fully saturated rings. The van der Waals surface area contributed by atoms with Crippen molar-refractivity contribution in [3.05, 3.63) is 41.4 Å². The number of likely N-dealkylation sites (tertiary alicyclic amines) is 1. The molecule has 1 N–H and O–H groups in total. The molecule has 2 amide bonds. The standard InChI is InChI=1S/C17H21ClN2O/c18-14-6-4-7-15(12-14)19-16(21)20-11-5-10-17(13-20)8-2-1-3-9-17/h1-2,4,6-7,12H,3,5,8-11,13H2,(H,19,21). The molecule has 0 radical (unpaired) electrons. The van der Waals surface area contributed by atoms with Crippen LogP contribution in [-0.4, -0.2) is 24.0 Å². The highest BCUT2D eigenvalue weighted by atomic mass is 35.5. The maximum absolute atomic E-state index is 12.5. The number of nitrogens with one attached hydrogen (secondary N) is 1. The molecule has 1 aromatic carbocycles. The minimum Gasteiger partial charge on any atom is -0.324 e. The van der Waals surface area contributed by atoms with Gasteiger partial charge in [-0.1, -0.05) is 29.8 Å². The van der Waals surface area contributed by atoms with Crippen LogP contribution in [0, 0.1) is 5.41 Å². The normalized spacial score (nSPS) is 25.1. The summed E-state index contributed by atoms with van der Waals surface area (Å²) in [5.41, 5.74) is 1.06. The highest BCUT2D eigenvalue weighted by Gasteiger charge is 2.36. The van der Waals surface area contributed by atoms with Crippen molar-refractivity contribution in [2.45, 2.75) is 32.1 Å². The van der Waals surface area contributed by atoms with Gasteiger partial charge >= 0.3 is 6.03 Å². The van der Waals surface area contributed by atoms with Crippen LogP contribution in [-0.2, 0) is 0 Å². The van der Waals surface area contributed by atoms with Crippen molar-refractivity contribution in [2.24, 2.45) is 5.41 Å². The SMILES string of the molecule is O=C(Nc1cccc(Cl)c1)N1CCCC2(CC=CCC2)C1. The Morgan fingerprint density at radius 1 is 1.29 bits per heavy atom. The summed E-state index contributed by atoms with van der Waals surface area (Å²) in [6, 6.07) is 7.30. The molecule has 0 saturated carbocycles. The Hall–Kier alpha value is -1.48. The number of amides is 2. The van der Waals surface area contributed by atoms with E-state index in [1.54, 1.807) is 6.07 Å². The van der Waals surface area contributed by atoms with Crippen molar-refractivity contribution in [3.63, 3.8) is 0 Å². The van der Waals surface area contributed by atoms with Crippen molar-refractivity contribution in [3.8, 4) is 0 Å². The second kappa shape index (κ2) is 6.10. The van der Waals surface area contributed by atoms with Gasteiger partial charge in [-0.3, -0.25) is 0 Å². The van der Waals surface area contributed by atoms with E-state index in [-0.39, 0.29) is 6.03 Å². The van der Waals surface area contributed by atoms with Gasteiger partial charge in [0.05, 0.1) is 0 Å². The van der Waals surface area contributed by atoms with E-state index in [1.165, 1.54) is 12.8 Å². The lowest BCUT2D eigenvalue weighted by atomic mass is 9.71. The summed E-state index contributed by atoms with van der Waals surface area (Å²) in [5, 5.41) is 3.60. The lowest BCUT2D eigenvalue weighted by molar-refractivity contribution is 0.102. The van der Waals surface area contributed by atoms with Crippen LogP contribution in [0.4, 0.5) is 10.5 Å². The van der Waals surface area contributed by atoms with Gasteiger partial charge < -0.3 is 10.2 Å². The first-order valence-corrected chi connectivity index (χ1v) is 8.01. The molecule has 3 rings (SSSR count). The number of hydrogen-bond donors (Lipinski definition) is 1. The van der Waals surface area contributed by atoms with Gasteiger partial charge in [-0.05, 0) is 55.7 Å². The topological polar surface area (TPSA) is 32.3 Å². The molecule has 1 aliphatic carbocycles. The first-order chi connectivity index (χ1) is 10.2. The fourth-order valence-corrected chi connectivity index (χ4v) is 3.65. The molecule has 1 unspecified atom stereocenters. The molecule has 1 spiro atoms. The molecule has 1 atom stereocenters. The van der Waals surface area contributed by atoms with Gasteiger partial charge in [0, 0.05) is 23.8 Å². The Morgan fingerprint density at radius 2 is 2.19 bits per heavy atom. The molecule has 3 nitrogen and oxygen atoms in total. The van der Waals surface area contributed by atoms with E-state index in [1.807, 2.05) is 23.1 Å². The van der Waals surface area contributed by atoms with Crippen molar-refractivity contribution >= 4 is 23.3 Å². The maximum Gasteiger partial charge on any atom is 0.321 e. The van der Waals surface area contributed by atoms with Crippen LogP contribution in [0.5, 0.6) is 0 Å². The fraction of sp³-hybridized carbons (Fsp3) is 0.471. The number of nitrogens with zero attached hydrogens (tertiary/aromatic N) is 1. The average Bonchev–Trinajstić information content (AvgIpc) is 2.48. The van der Waals surface area contributed by atoms with Gasteiger partial charge in [-0.25, -0.2) is 4.79 Å². The highest BCUT2D eigenvalue weighted by molar-refractivity contribution is 6.30. The van der Waals surface area contributed by atoms with E-state index in [4.69, 9.17) is 11.6 Å². The molecule has 1 heterocycles. The molecular weight excluding hydrogens is 284 g/mol. The van der Waals surface area contributed by atoms with Gasteiger partial charge in [-0.15, -0.1) is 0 Å². The maximum atomic E-state index is 12.5. The first kappa shape index (κ1) is 14.5.